The Labute approximate surface area is 107 Å². The fourth-order valence-electron chi connectivity index (χ4n) is 2.04. The van der Waals surface area contributed by atoms with Crippen LogP contribution in [0.15, 0.2) is 18.3 Å². The largest absolute Gasteiger partial charge is 0.355 e. The molecule has 1 aliphatic heterocycles. The van der Waals surface area contributed by atoms with E-state index >= 15 is 0 Å². The van der Waals surface area contributed by atoms with Crippen molar-refractivity contribution in [2.24, 2.45) is 11.7 Å². The molecule has 5 nitrogen and oxygen atoms in total. The summed E-state index contributed by atoms with van der Waals surface area (Å²) < 4.78 is 0. The van der Waals surface area contributed by atoms with E-state index in [4.69, 9.17) is 5.73 Å². The van der Waals surface area contributed by atoms with Crippen LogP contribution in [0.1, 0.15) is 19.8 Å². The summed E-state index contributed by atoms with van der Waals surface area (Å²) in [4.78, 5) is 18.5. The molecule has 1 atom stereocenters. The summed E-state index contributed by atoms with van der Waals surface area (Å²) in [5, 5.41) is 2.92. The maximum atomic E-state index is 11.9. The number of aromatic nitrogens is 1. The lowest BCUT2D eigenvalue weighted by molar-refractivity contribution is -0.119. The number of hydrogen-bond donors (Lipinski definition) is 2. The van der Waals surface area contributed by atoms with Crippen molar-refractivity contribution < 1.29 is 4.79 Å². The molecule has 5 heteroatoms. The predicted octanol–water partition coefficient (Wildman–Crippen LogP) is 1.22. The summed E-state index contributed by atoms with van der Waals surface area (Å²) in [6.45, 7) is 4.19. The van der Waals surface area contributed by atoms with Crippen molar-refractivity contribution in [1.82, 2.24) is 4.98 Å². The minimum absolute atomic E-state index is 0.0500. The van der Waals surface area contributed by atoms with Crippen LogP contribution in [0, 0.1) is 5.92 Å². The second-order valence-electron chi connectivity index (χ2n) is 4.69. The molecule has 0 saturated carbocycles. The Morgan fingerprint density at radius 2 is 2.28 bits per heavy atom. The quantitative estimate of drug-likeness (QED) is 0.840. The van der Waals surface area contributed by atoms with Gasteiger partial charge in [-0.05, 0) is 25.0 Å². The summed E-state index contributed by atoms with van der Waals surface area (Å²) in [5.41, 5.74) is 6.28. The van der Waals surface area contributed by atoms with Crippen LogP contribution in [0.4, 0.5) is 11.5 Å². The lowest BCUT2D eigenvalue weighted by Gasteiger charge is -2.20. The third-order valence-corrected chi connectivity index (χ3v) is 3.25. The minimum Gasteiger partial charge on any atom is -0.355 e. The van der Waals surface area contributed by atoms with Crippen molar-refractivity contribution in [3.05, 3.63) is 18.3 Å². The molecule has 1 aromatic heterocycles. The molecule has 0 spiro atoms. The van der Waals surface area contributed by atoms with Gasteiger partial charge in [-0.15, -0.1) is 0 Å². The van der Waals surface area contributed by atoms with Gasteiger partial charge in [0.2, 0.25) is 5.91 Å². The van der Waals surface area contributed by atoms with Gasteiger partial charge >= 0.3 is 0 Å². The number of hydrogen-bond acceptors (Lipinski definition) is 4. The Balaban J connectivity index is 2.14. The first-order valence-corrected chi connectivity index (χ1v) is 6.43. The number of carbonyl (C=O) groups is 1. The molecule has 0 bridgehead atoms. The molecule has 1 amide bonds. The molecule has 2 rings (SSSR count). The van der Waals surface area contributed by atoms with E-state index in [2.05, 4.69) is 15.2 Å². The molecular formula is C13H20N4O. The highest BCUT2D eigenvalue weighted by Crippen LogP contribution is 2.26. The number of amides is 1. The molecule has 1 saturated heterocycles. The molecule has 1 aromatic rings. The fourth-order valence-corrected chi connectivity index (χ4v) is 2.04. The van der Waals surface area contributed by atoms with Crippen LogP contribution in [-0.2, 0) is 4.79 Å². The normalized spacial score (nSPS) is 16.7. The van der Waals surface area contributed by atoms with Gasteiger partial charge in [0.25, 0.3) is 0 Å². The topological polar surface area (TPSA) is 71.2 Å². The van der Waals surface area contributed by atoms with Crippen molar-refractivity contribution in [2.75, 3.05) is 29.9 Å². The van der Waals surface area contributed by atoms with Gasteiger partial charge in [0.1, 0.15) is 0 Å². The van der Waals surface area contributed by atoms with Crippen molar-refractivity contribution in [3.8, 4) is 0 Å². The molecule has 98 valence electrons. The number of nitrogens with one attached hydrogen (secondary N) is 1. The first-order chi connectivity index (χ1) is 8.72. The zero-order valence-electron chi connectivity index (χ0n) is 10.7. The number of nitrogens with zero attached hydrogens (tertiary/aromatic N) is 2. The highest BCUT2D eigenvalue weighted by Gasteiger charge is 2.19. The van der Waals surface area contributed by atoms with Crippen LogP contribution < -0.4 is 16.0 Å². The van der Waals surface area contributed by atoms with Gasteiger partial charge < -0.3 is 16.0 Å². The highest BCUT2D eigenvalue weighted by atomic mass is 16.1. The second kappa shape index (κ2) is 5.82. The smallest absolute Gasteiger partial charge is 0.228 e. The van der Waals surface area contributed by atoms with Crippen LogP contribution in [0.25, 0.3) is 0 Å². The van der Waals surface area contributed by atoms with Crippen LogP contribution in [0.5, 0.6) is 0 Å². The summed E-state index contributed by atoms with van der Waals surface area (Å²) in [6, 6.07) is 3.73. The van der Waals surface area contributed by atoms with Crippen LogP contribution in [0.2, 0.25) is 0 Å². The van der Waals surface area contributed by atoms with Gasteiger partial charge in [-0.2, -0.15) is 0 Å². The molecule has 2 heterocycles. The molecule has 0 aromatic carbocycles. The monoisotopic (exact) mass is 248 g/mol. The van der Waals surface area contributed by atoms with E-state index in [9.17, 15) is 4.79 Å². The van der Waals surface area contributed by atoms with Gasteiger partial charge in [0.05, 0.1) is 5.69 Å². The van der Waals surface area contributed by atoms with Crippen LogP contribution >= 0.6 is 0 Å². The second-order valence-corrected chi connectivity index (χ2v) is 4.69. The number of rotatable bonds is 4. The molecule has 1 aliphatic rings. The fraction of sp³-hybridized carbons (Fsp3) is 0.538. The van der Waals surface area contributed by atoms with E-state index in [0.29, 0.717) is 6.54 Å². The van der Waals surface area contributed by atoms with Crippen LogP contribution in [0.3, 0.4) is 0 Å². The van der Waals surface area contributed by atoms with E-state index in [1.54, 1.807) is 6.20 Å². The highest BCUT2D eigenvalue weighted by molar-refractivity contribution is 5.95. The Bertz CT molecular complexity index is 415. The van der Waals surface area contributed by atoms with Crippen molar-refractivity contribution >= 4 is 17.4 Å². The molecule has 1 fully saturated rings. The zero-order chi connectivity index (χ0) is 13.0. The number of carbonyl (C=O) groups excluding carboxylic acids is 1. The molecule has 3 N–H and O–H groups in total. The Morgan fingerprint density at radius 1 is 1.56 bits per heavy atom. The van der Waals surface area contributed by atoms with E-state index in [-0.39, 0.29) is 11.8 Å². The summed E-state index contributed by atoms with van der Waals surface area (Å²) >= 11 is 0. The summed E-state index contributed by atoms with van der Waals surface area (Å²) in [7, 11) is 0. The van der Waals surface area contributed by atoms with Gasteiger partial charge in [-0.1, -0.05) is 6.92 Å². The van der Waals surface area contributed by atoms with E-state index < -0.39 is 0 Å². The van der Waals surface area contributed by atoms with Crippen LogP contribution in [-0.4, -0.2) is 30.5 Å². The van der Waals surface area contributed by atoms with E-state index in [1.165, 1.54) is 12.8 Å². The Morgan fingerprint density at radius 3 is 2.94 bits per heavy atom. The molecule has 18 heavy (non-hydrogen) atoms. The third kappa shape index (κ3) is 2.79. The van der Waals surface area contributed by atoms with Gasteiger partial charge in [-0.25, -0.2) is 4.98 Å². The van der Waals surface area contributed by atoms with Gasteiger partial charge in [0.15, 0.2) is 5.82 Å². The van der Waals surface area contributed by atoms with Crippen molar-refractivity contribution in [2.45, 2.75) is 19.8 Å². The Hall–Kier alpha value is -1.62. The zero-order valence-corrected chi connectivity index (χ0v) is 10.7. The summed E-state index contributed by atoms with van der Waals surface area (Å²) in [6.07, 6.45) is 4.13. The van der Waals surface area contributed by atoms with Gasteiger partial charge in [0, 0.05) is 31.7 Å². The third-order valence-electron chi connectivity index (χ3n) is 3.25. The minimum atomic E-state index is -0.184. The molecular weight excluding hydrogens is 228 g/mol. The maximum Gasteiger partial charge on any atom is 0.228 e. The SMILES string of the molecule is CC(CN)C(=O)Nc1cccnc1N1CCCC1. The average Bonchev–Trinajstić information content (AvgIpc) is 2.92. The first-order valence-electron chi connectivity index (χ1n) is 6.43. The standard InChI is InChI=1S/C13H20N4O/c1-10(9-14)13(18)16-11-5-4-6-15-12(11)17-7-2-3-8-17/h4-6,10H,2-3,7-9,14H2,1H3,(H,16,18). The van der Waals surface area contributed by atoms with E-state index in [1.807, 2.05) is 19.1 Å². The molecule has 1 unspecified atom stereocenters. The number of anilines is 2. The number of nitrogens with two attached hydrogens (primary N) is 1. The van der Waals surface area contributed by atoms with E-state index in [0.717, 1.165) is 24.6 Å². The average molecular weight is 248 g/mol. The Kier molecular flexibility index (Phi) is 4.15. The van der Waals surface area contributed by atoms with Gasteiger partial charge in [-0.3, -0.25) is 4.79 Å². The molecule has 0 radical (unpaired) electrons. The first kappa shape index (κ1) is 12.8. The van der Waals surface area contributed by atoms with Crippen molar-refractivity contribution in [3.63, 3.8) is 0 Å². The van der Waals surface area contributed by atoms with Crippen molar-refractivity contribution in [1.29, 1.82) is 0 Å². The molecule has 0 aliphatic carbocycles. The lowest BCUT2D eigenvalue weighted by Crippen LogP contribution is -2.28. The maximum absolute atomic E-state index is 11.9. The lowest BCUT2D eigenvalue weighted by atomic mass is 10.1. The number of pyridine rings is 1. The predicted molar refractivity (Wildman–Crippen MR) is 72.5 cm³/mol. The summed E-state index contributed by atoms with van der Waals surface area (Å²) in [5.74, 6) is 0.634.